The summed E-state index contributed by atoms with van der Waals surface area (Å²) in [5.41, 5.74) is 1.02. The van der Waals surface area contributed by atoms with Gasteiger partial charge >= 0.3 is 5.97 Å². The maximum absolute atomic E-state index is 13.2. The molecule has 0 aliphatic carbocycles. The summed E-state index contributed by atoms with van der Waals surface area (Å²) >= 11 is 3.54. The van der Waals surface area contributed by atoms with Crippen molar-refractivity contribution in [3.8, 4) is 0 Å². The molecule has 2 aromatic rings. The summed E-state index contributed by atoms with van der Waals surface area (Å²) in [6, 6.07) is 17.8. The summed E-state index contributed by atoms with van der Waals surface area (Å²) in [6.07, 6.45) is 0.837. The van der Waals surface area contributed by atoms with Crippen LogP contribution in [0.3, 0.4) is 0 Å². The topological polar surface area (TPSA) is 46.6 Å². The van der Waals surface area contributed by atoms with Crippen LogP contribution in [-0.2, 0) is 27.3 Å². The average molecular weight is 430 g/mol. The number of esters is 1. The molecule has 0 spiro atoms. The molecule has 142 valence electrons. The first-order valence-corrected chi connectivity index (χ1v) is 10.0. The molecule has 1 saturated heterocycles. The number of rotatable bonds is 6. The SMILES string of the molecule is CCOC(=O)C1(Cc2ccccc2Br)CCN(Cc2ccccc2)CC1=O. The highest BCUT2D eigenvalue weighted by Crippen LogP contribution is 2.36. The van der Waals surface area contributed by atoms with E-state index >= 15 is 0 Å². The van der Waals surface area contributed by atoms with Gasteiger partial charge in [0.25, 0.3) is 0 Å². The van der Waals surface area contributed by atoms with Crippen molar-refractivity contribution >= 4 is 27.7 Å². The average Bonchev–Trinajstić information content (AvgIpc) is 2.67. The van der Waals surface area contributed by atoms with E-state index in [4.69, 9.17) is 4.74 Å². The Labute approximate surface area is 168 Å². The first-order chi connectivity index (χ1) is 13.0. The van der Waals surface area contributed by atoms with E-state index in [2.05, 4.69) is 33.0 Å². The van der Waals surface area contributed by atoms with Gasteiger partial charge in [-0.3, -0.25) is 14.5 Å². The molecule has 27 heavy (non-hydrogen) atoms. The molecule has 0 N–H and O–H groups in total. The summed E-state index contributed by atoms with van der Waals surface area (Å²) in [5.74, 6) is -0.455. The van der Waals surface area contributed by atoms with Crippen LogP contribution in [0.25, 0.3) is 0 Å². The number of halogens is 1. The lowest BCUT2D eigenvalue weighted by molar-refractivity contribution is -0.163. The number of piperidine rings is 1. The number of nitrogens with zero attached hydrogens (tertiary/aromatic N) is 1. The first-order valence-electron chi connectivity index (χ1n) is 9.25. The normalized spacial score (nSPS) is 20.4. The number of carbonyl (C=O) groups is 2. The van der Waals surface area contributed by atoms with Crippen molar-refractivity contribution in [3.63, 3.8) is 0 Å². The molecule has 0 radical (unpaired) electrons. The van der Waals surface area contributed by atoms with Gasteiger partial charge in [0.05, 0.1) is 13.2 Å². The van der Waals surface area contributed by atoms with Crippen molar-refractivity contribution in [2.45, 2.75) is 26.3 Å². The molecule has 1 aliphatic heterocycles. The minimum Gasteiger partial charge on any atom is -0.465 e. The fourth-order valence-electron chi connectivity index (χ4n) is 3.61. The first kappa shape index (κ1) is 19.8. The number of carbonyl (C=O) groups excluding carboxylic acids is 2. The van der Waals surface area contributed by atoms with E-state index in [0.717, 1.165) is 10.0 Å². The summed E-state index contributed by atoms with van der Waals surface area (Å²) in [4.78, 5) is 28.1. The standard InChI is InChI=1S/C22H24BrNO3/c1-2-27-21(26)22(14-18-10-6-7-11-19(18)23)12-13-24(16-20(22)25)15-17-8-4-3-5-9-17/h3-11H,2,12-16H2,1H3. The minimum absolute atomic E-state index is 0.0566. The van der Waals surface area contributed by atoms with Crippen LogP contribution in [0, 0.1) is 5.41 Å². The number of Topliss-reactive ketones (excluding diaryl/α,β-unsaturated/α-hetero) is 1. The maximum Gasteiger partial charge on any atom is 0.320 e. The monoisotopic (exact) mass is 429 g/mol. The van der Waals surface area contributed by atoms with E-state index in [0.29, 0.717) is 25.9 Å². The Morgan fingerprint density at radius 3 is 2.52 bits per heavy atom. The third kappa shape index (κ3) is 4.47. The number of ketones is 1. The number of benzene rings is 2. The van der Waals surface area contributed by atoms with Gasteiger partial charge in [0.1, 0.15) is 5.41 Å². The Morgan fingerprint density at radius 2 is 1.85 bits per heavy atom. The van der Waals surface area contributed by atoms with E-state index in [9.17, 15) is 9.59 Å². The van der Waals surface area contributed by atoms with Crippen LogP contribution in [0.4, 0.5) is 0 Å². The van der Waals surface area contributed by atoms with Gasteiger partial charge < -0.3 is 4.74 Å². The van der Waals surface area contributed by atoms with Crippen LogP contribution in [0.1, 0.15) is 24.5 Å². The van der Waals surface area contributed by atoms with E-state index < -0.39 is 11.4 Å². The summed E-state index contributed by atoms with van der Waals surface area (Å²) in [5, 5.41) is 0. The van der Waals surface area contributed by atoms with Gasteiger partial charge in [0.15, 0.2) is 5.78 Å². The lowest BCUT2D eigenvalue weighted by atomic mass is 9.72. The highest BCUT2D eigenvalue weighted by atomic mass is 79.9. The summed E-state index contributed by atoms with van der Waals surface area (Å²) < 4.78 is 6.24. The number of hydrogen-bond donors (Lipinski definition) is 0. The van der Waals surface area contributed by atoms with Gasteiger partial charge in [-0.05, 0) is 37.0 Å². The van der Waals surface area contributed by atoms with Gasteiger partial charge in [-0.25, -0.2) is 0 Å². The lowest BCUT2D eigenvalue weighted by Gasteiger charge is -2.38. The second-order valence-electron chi connectivity index (χ2n) is 6.94. The molecule has 2 aromatic carbocycles. The van der Waals surface area contributed by atoms with Crippen LogP contribution >= 0.6 is 15.9 Å². The van der Waals surface area contributed by atoms with E-state index in [1.54, 1.807) is 6.92 Å². The van der Waals surface area contributed by atoms with Crippen molar-refractivity contribution in [3.05, 3.63) is 70.2 Å². The third-order valence-electron chi connectivity index (χ3n) is 5.12. The quantitative estimate of drug-likeness (QED) is 0.513. The van der Waals surface area contributed by atoms with E-state index in [1.165, 1.54) is 5.56 Å². The van der Waals surface area contributed by atoms with Gasteiger partial charge in [-0.2, -0.15) is 0 Å². The Balaban J connectivity index is 1.81. The molecule has 1 atom stereocenters. The Bertz CT molecular complexity index is 808. The highest BCUT2D eigenvalue weighted by molar-refractivity contribution is 9.10. The Kier molecular flexibility index (Phi) is 6.45. The van der Waals surface area contributed by atoms with Gasteiger partial charge in [0, 0.05) is 17.6 Å². The van der Waals surface area contributed by atoms with Crippen molar-refractivity contribution in [2.75, 3.05) is 19.7 Å². The van der Waals surface area contributed by atoms with Crippen molar-refractivity contribution < 1.29 is 14.3 Å². The molecule has 1 heterocycles. The summed E-state index contributed by atoms with van der Waals surface area (Å²) in [6.45, 7) is 3.71. The molecular formula is C22H24BrNO3. The van der Waals surface area contributed by atoms with Crippen LogP contribution in [0.2, 0.25) is 0 Å². The van der Waals surface area contributed by atoms with Crippen LogP contribution in [-0.4, -0.2) is 36.3 Å². The van der Waals surface area contributed by atoms with E-state index in [-0.39, 0.29) is 18.9 Å². The fraction of sp³-hybridized carbons (Fsp3) is 0.364. The van der Waals surface area contributed by atoms with Crippen molar-refractivity contribution in [2.24, 2.45) is 5.41 Å². The van der Waals surface area contributed by atoms with Gasteiger partial charge in [0.2, 0.25) is 0 Å². The Hall–Kier alpha value is -1.98. The van der Waals surface area contributed by atoms with Crippen LogP contribution < -0.4 is 0 Å². The molecule has 1 aliphatic rings. The molecule has 5 heteroatoms. The summed E-state index contributed by atoms with van der Waals surface area (Å²) in [7, 11) is 0. The number of likely N-dealkylation sites (tertiary alicyclic amines) is 1. The molecule has 0 saturated carbocycles. The predicted octanol–water partition coefficient (Wildman–Crippen LogP) is 4.02. The molecular weight excluding hydrogens is 406 g/mol. The van der Waals surface area contributed by atoms with Crippen molar-refractivity contribution in [1.29, 1.82) is 0 Å². The maximum atomic E-state index is 13.2. The molecule has 1 unspecified atom stereocenters. The second-order valence-corrected chi connectivity index (χ2v) is 7.79. The van der Waals surface area contributed by atoms with Gasteiger partial charge in [-0.1, -0.05) is 64.5 Å². The predicted molar refractivity (Wildman–Crippen MR) is 108 cm³/mol. The molecule has 0 bridgehead atoms. The van der Waals surface area contributed by atoms with Gasteiger partial charge in [-0.15, -0.1) is 0 Å². The Morgan fingerprint density at radius 1 is 1.15 bits per heavy atom. The zero-order chi connectivity index (χ0) is 19.3. The molecule has 4 nitrogen and oxygen atoms in total. The zero-order valence-corrected chi connectivity index (χ0v) is 17.1. The molecule has 1 fully saturated rings. The third-order valence-corrected chi connectivity index (χ3v) is 5.89. The minimum atomic E-state index is -1.10. The van der Waals surface area contributed by atoms with Crippen LogP contribution in [0.15, 0.2) is 59.1 Å². The van der Waals surface area contributed by atoms with Crippen LogP contribution in [0.5, 0.6) is 0 Å². The van der Waals surface area contributed by atoms with Crippen molar-refractivity contribution in [1.82, 2.24) is 4.90 Å². The van der Waals surface area contributed by atoms with E-state index in [1.807, 2.05) is 42.5 Å². The fourth-order valence-corrected chi connectivity index (χ4v) is 4.03. The molecule has 3 rings (SSSR count). The smallest absolute Gasteiger partial charge is 0.320 e. The zero-order valence-electron chi connectivity index (χ0n) is 15.5. The number of ether oxygens (including phenoxy) is 1. The second kappa shape index (κ2) is 8.81. The molecule has 0 amide bonds. The number of hydrogen-bond acceptors (Lipinski definition) is 4. The largest absolute Gasteiger partial charge is 0.465 e. The molecule has 0 aromatic heterocycles. The highest BCUT2D eigenvalue weighted by Gasteiger charge is 2.49. The lowest BCUT2D eigenvalue weighted by Crippen LogP contribution is -2.53.